The van der Waals surface area contributed by atoms with Gasteiger partial charge in [-0.3, -0.25) is 4.79 Å². The molecule has 1 heterocycles. The van der Waals surface area contributed by atoms with Gasteiger partial charge in [-0.2, -0.15) is 0 Å². The van der Waals surface area contributed by atoms with Crippen LogP contribution in [0, 0.1) is 0 Å². The van der Waals surface area contributed by atoms with Crippen LogP contribution in [0.4, 0.5) is 0 Å². The Labute approximate surface area is 161 Å². The molecule has 1 aromatic carbocycles. The van der Waals surface area contributed by atoms with E-state index in [2.05, 4.69) is 28.2 Å². The lowest BCUT2D eigenvalue weighted by Crippen LogP contribution is -2.17. The highest BCUT2D eigenvalue weighted by molar-refractivity contribution is 9.10. The van der Waals surface area contributed by atoms with Crippen LogP contribution in [0.15, 0.2) is 27.6 Å². The molecular formula is C18H22BrNO2S2. The lowest BCUT2D eigenvalue weighted by molar-refractivity contribution is -0.115. The summed E-state index contributed by atoms with van der Waals surface area (Å²) < 4.78 is 7.38. The molecule has 1 saturated heterocycles. The normalized spacial score (nSPS) is 15.8. The maximum absolute atomic E-state index is 11.8. The number of thiocarbonyl (C=S) groups is 1. The molecule has 1 amide bonds. The average molecular weight is 428 g/mol. The van der Waals surface area contributed by atoms with Crippen molar-refractivity contribution in [3.8, 4) is 5.75 Å². The van der Waals surface area contributed by atoms with Crippen LogP contribution in [0.25, 0.3) is 6.08 Å². The first kappa shape index (κ1) is 19.5. The Balaban J connectivity index is 1.94. The van der Waals surface area contributed by atoms with Gasteiger partial charge in [0.1, 0.15) is 10.1 Å². The van der Waals surface area contributed by atoms with E-state index in [4.69, 9.17) is 17.0 Å². The Morgan fingerprint density at radius 3 is 2.71 bits per heavy atom. The molecule has 0 unspecified atom stereocenters. The number of unbranched alkanes of at least 4 members (excludes halogenated alkanes) is 5. The standard InChI is InChI=1S/C18H22BrNO2S2/c1-2-3-4-5-6-7-10-22-15-9-8-14(19)11-13(15)12-16-17(21)20-18(23)24-16/h8-9,11-12H,2-7,10H2,1H3,(H,20,21,23)/b16-12+. The zero-order valence-corrected chi connectivity index (χ0v) is 17.0. The molecule has 0 bridgehead atoms. The Morgan fingerprint density at radius 2 is 2.00 bits per heavy atom. The molecule has 0 atom stereocenters. The summed E-state index contributed by atoms with van der Waals surface area (Å²) in [6.45, 7) is 2.92. The number of benzene rings is 1. The SMILES string of the molecule is CCCCCCCCOc1ccc(Br)cc1/C=C1/SC(=S)NC1=O. The highest BCUT2D eigenvalue weighted by Crippen LogP contribution is 2.31. The molecule has 6 heteroatoms. The Morgan fingerprint density at radius 1 is 1.25 bits per heavy atom. The van der Waals surface area contributed by atoms with Crippen LogP contribution >= 0.6 is 39.9 Å². The summed E-state index contributed by atoms with van der Waals surface area (Å²) in [5, 5.41) is 2.63. The molecule has 0 saturated carbocycles. The molecule has 1 fully saturated rings. The minimum atomic E-state index is -0.146. The van der Waals surface area contributed by atoms with Gasteiger partial charge in [-0.05, 0) is 30.7 Å². The fourth-order valence-electron chi connectivity index (χ4n) is 2.39. The van der Waals surface area contributed by atoms with Gasteiger partial charge >= 0.3 is 0 Å². The van der Waals surface area contributed by atoms with E-state index in [9.17, 15) is 4.79 Å². The van der Waals surface area contributed by atoms with E-state index < -0.39 is 0 Å². The van der Waals surface area contributed by atoms with Crippen molar-refractivity contribution in [1.29, 1.82) is 0 Å². The number of ether oxygens (including phenoxy) is 1. The van der Waals surface area contributed by atoms with Crippen LogP contribution in [0.2, 0.25) is 0 Å². The van der Waals surface area contributed by atoms with Gasteiger partial charge in [-0.1, -0.05) is 78.9 Å². The highest BCUT2D eigenvalue weighted by Gasteiger charge is 2.22. The van der Waals surface area contributed by atoms with Crippen molar-refractivity contribution in [2.45, 2.75) is 45.4 Å². The quantitative estimate of drug-likeness (QED) is 0.312. The van der Waals surface area contributed by atoms with Crippen molar-refractivity contribution in [3.63, 3.8) is 0 Å². The third kappa shape index (κ3) is 6.22. The Kier molecular flexibility index (Phi) is 8.29. The predicted molar refractivity (Wildman–Crippen MR) is 109 cm³/mol. The first-order valence-corrected chi connectivity index (χ1v) is 10.3. The molecule has 1 aromatic rings. The summed E-state index contributed by atoms with van der Waals surface area (Å²) >= 11 is 9.78. The second-order valence-electron chi connectivity index (χ2n) is 5.65. The van der Waals surface area contributed by atoms with Crippen LogP contribution < -0.4 is 10.1 Å². The number of rotatable bonds is 9. The molecule has 1 N–H and O–H groups in total. The lowest BCUT2D eigenvalue weighted by Gasteiger charge is -2.10. The van der Waals surface area contributed by atoms with Gasteiger partial charge in [-0.25, -0.2) is 0 Å². The van der Waals surface area contributed by atoms with Gasteiger partial charge in [0.05, 0.1) is 11.5 Å². The number of hydrogen-bond acceptors (Lipinski definition) is 4. The maximum Gasteiger partial charge on any atom is 0.263 e. The van der Waals surface area contributed by atoms with Crippen LogP contribution in [-0.2, 0) is 4.79 Å². The first-order valence-electron chi connectivity index (χ1n) is 8.27. The summed E-state index contributed by atoms with van der Waals surface area (Å²) in [7, 11) is 0. The smallest absolute Gasteiger partial charge is 0.263 e. The summed E-state index contributed by atoms with van der Waals surface area (Å²) in [6.07, 6.45) is 9.23. The Bertz CT molecular complexity index is 631. The molecule has 1 aliphatic heterocycles. The van der Waals surface area contributed by atoms with E-state index in [-0.39, 0.29) is 5.91 Å². The van der Waals surface area contributed by atoms with Gasteiger partial charge < -0.3 is 10.1 Å². The zero-order chi connectivity index (χ0) is 17.4. The molecule has 24 heavy (non-hydrogen) atoms. The number of thioether (sulfide) groups is 1. The van der Waals surface area contributed by atoms with E-state index >= 15 is 0 Å². The van der Waals surface area contributed by atoms with Crippen LogP contribution in [0.5, 0.6) is 5.75 Å². The molecule has 3 nitrogen and oxygen atoms in total. The van der Waals surface area contributed by atoms with Crippen molar-refractivity contribution in [1.82, 2.24) is 5.32 Å². The average Bonchev–Trinajstić information content (AvgIpc) is 2.86. The van der Waals surface area contributed by atoms with Crippen LogP contribution in [-0.4, -0.2) is 16.8 Å². The molecule has 130 valence electrons. The third-order valence-electron chi connectivity index (χ3n) is 3.66. The van der Waals surface area contributed by atoms with Crippen molar-refractivity contribution < 1.29 is 9.53 Å². The minimum absolute atomic E-state index is 0.146. The van der Waals surface area contributed by atoms with E-state index in [1.807, 2.05) is 24.3 Å². The molecule has 0 spiro atoms. The molecule has 0 radical (unpaired) electrons. The fraction of sp³-hybridized carbons (Fsp3) is 0.444. The number of halogens is 1. The number of nitrogens with one attached hydrogen (secondary N) is 1. The highest BCUT2D eigenvalue weighted by atomic mass is 79.9. The van der Waals surface area contributed by atoms with Gasteiger partial charge in [0.25, 0.3) is 5.91 Å². The van der Waals surface area contributed by atoms with E-state index in [1.165, 1.54) is 43.9 Å². The van der Waals surface area contributed by atoms with Crippen molar-refractivity contribution in [3.05, 3.63) is 33.1 Å². The summed E-state index contributed by atoms with van der Waals surface area (Å²) in [4.78, 5) is 12.4. The van der Waals surface area contributed by atoms with Gasteiger partial charge in [-0.15, -0.1) is 0 Å². The maximum atomic E-state index is 11.8. The van der Waals surface area contributed by atoms with E-state index in [1.54, 1.807) is 0 Å². The molecule has 0 aromatic heterocycles. The summed E-state index contributed by atoms with van der Waals surface area (Å²) in [5.41, 5.74) is 0.887. The molecule has 0 aliphatic carbocycles. The van der Waals surface area contributed by atoms with Gasteiger partial charge in [0.2, 0.25) is 0 Å². The van der Waals surface area contributed by atoms with Crippen molar-refractivity contribution in [2.24, 2.45) is 0 Å². The summed E-state index contributed by atoms with van der Waals surface area (Å²) in [6, 6.07) is 5.84. The van der Waals surface area contributed by atoms with Crippen LogP contribution in [0.1, 0.15) is 51.0 Å². The lowest BCUT2D eigenvalue weighted by atomic mass is 10.1. The zero-order valence-electron chi connectivity index (χ0n) is 13.8. The number of carbonyl (C=O) groups excluding carboxylic acids is 1. The Hall–Kier alpha value is -0.850. The monoisotopic (exact) mass is 427 g/mol. The fourth-order valence-corrected chi connectivity index (χ4v) is 3.80. The van der Waals surface area contributed by atoms with Gasteiger partial charge in [0.15, 0.2) is 0 Å². The summed E-state index contributed by atoms with van der Waals surface area (Å²) in [5.74, 6) is 0.650. The van der Waals surface area contributed by atoms with Crippen molar-refractivity contribution >= 4 is 56.2 Å². The molecule has 2 rings (SSSR count). The van der Waals surface area contributed by atoms with Crippen LogP contribution in [0.3, 0.4) is 0 Å². The third-order valence-corrected chi connectivity index (χ3v) is 5.31. The second kappa shape index (κ2) is 10.2. The first-order chi connectivity index (χ1) is 11.6. The van der Waals surface area contributed by atoms with Crippen molar-refractivity contribution in [2.75, 3.05) is 6.61 Å². The number of hydrogen-bond donors (Lipinski definition) is 1. The molecule has 1 aliphatic rings. The van der Waals surface area contributed by atoms with Gasteiger partial charge in [0, 0.05) is 10.0 Å². The number of amides is 1. The second-order valence-corrected chi connectivity index (χ2v) is 8.29. The minimum Gasteiger partial charge on any atom is -0.493 e. The van der Waals surface area contributed by atoms with E-state index in [0.717, 1.165) is 22.2 Å². The van der Waals surface area contributed by atoms with E-state index in [0.29, 0.717) is 15.8 Å². The predicted octanol–water partition coefficient (Wildman–Crippen LogP) is 5.68. The topological polar surface area (TPSA) is 38.3 Å². The largest absolute Gasteiger partial charge is 0.493 e. The molecular weight excluding hydrogens is 406 g/mol. The number of carbonyl (C=O) groups is 1.